The summed E-state index contributed by atoms with van der Waals surface area (Å²) in [5, 5.41) is 6.38. The molecule has 3 rings (SSSR count). The normalized spacial score (nSPS) is 20.0. The van der Waals surface area contributed by atoms with Crippen molar-refractivity contribution in [3.63, 3.8) is 0 Å². The van der Waals surface area contributed by atoms with Crippen LogP contribution in [0.5, 0.6) is 0 Å². The predicted octanol–water partition coefficient (Wildman–Crippen LogP) is 0.0402. The maximum Gasteiger partial charge on any atom is 0.234 e. The number of hydrogen-bond acceptors (Lipinski definition) is 5. The molecule has 0 bridgehead atoms. The number of rotatable bonds is 6. The number of nitrogens with zero attached hydrogens (tertiary/aromatic N) is 2. The molecule has 0 atom stereocenters. The minimum Gasteiger partial charge on any atom is -0.379 e. The van der Waals surface area contributed by atoms with Crippen LogP contribution in [0, 0.1) is 0 Å². The van der Waals surface area contributed by atoms with Crippen molar-refractivity contribution in [3.8, 4) is 0 Å². The molecule has 132 valence electrons. The van der Waals surface area contributed by atoms with Crippen molar-refractivity contribution >= 4 is 5.91 Å². The molecule has 0 spiro atoms. The van der Waals surface area contributed by atoms with Crippen LogP contribution in [0.25, 0.3) is 0 Å². The topological polar surface area (TPSA) is 56.8 Å². The van der Waals surface area contributed by atoms with Crippen LogP contribution >= 0.6 is 0 Å². The first kappa shape index (κ1) is 17.4. The number of ether oxygens (including phenoxy) is 1. The van der Waals surface area contributed by atoms with E-state index < -0.39 is 0 Å². The minimum atomic E-state index is 0.109. The van der Waals surface area contributed by atoms with Gasteiger partial charge in [0.25, 0.3) is 0 Å². The number of benzene rings is 1. The van der Waals surface area contributed by atoms with E-state index in [9.17, 15) is 4.79 Å². The van der Waals surface area contributed by atoms with Gasteiger partial charge in [0, 0.05) is 52.4 Å². The Kier molecular flexibility index (Phi) is 6.60. The monoisotopic (exact) mass is 332 g/mol. The largest absolute Gasteiger partial charge is 0.379 e. The molecule has 2 heterocycles. The summed E-state index contributed by atoms with van der Waals surface area (Å²) in [5.41, 5.74) is 2.50. The van der Waals surface area contributed by atoms with Crippen molar-refractivity contribution in [1.29, 1.82) is 0 Å². The Balaban J connectivity index is 1.49. The highest BCUT2D eigenvalue weighted by molar-refractivity contribution is 5.78. The van der Waals surface area contributed by atoms with Crippen LogP contribution in [-0.4, -0.2) is 74.7 Å². The van der Waals surface area contributed by atoms with Crippen molar-refractivity contribution in [2.45, 2.75) is 13.1 Å². The van der Waals surface area contributed by atoms with E-state index in [4.69, 9.17) is 4.74 Å². The summed E-state index contributed by atoms with van der Waals surface area (Å²) in [6.45, 7) is 9.42. The Labute approximate surface area is 144 Å². The van der Waals surface area contributed by atoms with Crippen LogP contribution in [0.15, 0.2) is 24.3 Å². The van der Waals surface area contributed by atoms with Crippen LogP contribution in [0.3, 0.4) is 0 Å². The molecule has 1 aromatic carbocycles. The minimum absolute atomic E-state index is 0.109. The van der Waals surface area contributed by atoms with Crippen LogP contribution in [0.2, 0.25) is 0 Å². The standard InChI is InChI=1S/C18H28N4O2/c23-18(15-21-7-5-19-6-8-21)20-13-16-3-1-2-4-17(16)14-22-9-11-24-12-10-22/h1-4,19H,5-15H2,(H,20,23). The van der Waals surface area contributed by atoms with Gasteiger partial charge in [-0.2, -0.15) is 0 Å². The average Bonchev–Trinajstić information content (AvgIpc) is 2.63. The molecule has 2 saturated heterocycles. The summed E-state index contributed by atoms with van der Waals surface area (Å²) in [6, 6.07) is 8.39. The van der Waals surface area contributed by atoms with Gasteiger partial charge in [-0.1, -0.05) is 24.3 Å². The smallest absolute Gasteiger partial charge is 0.234 e. The summed E-state index contributed by atoms with van der Waals surface area (Å²) in [6.07, 6.45) is 0. The zero-order chi connectivity index (χ0) is 16.6. The zero-order valence-electron chi connectivity index (χ0n) is 14.3. The van der Waals surface area contributed by atoms with Crippen LogP contribution in [0.1, 0.15) is 11.1 Å². The van der Waals surface area contributed by atoms with E-state index in [2.05, 4.69) is 38.6 Å². The molecule has 0 saturated carbocycles. The van der Waals surface area contributed by atoms with E-state index in [0.717, 1.165) is 59.0 Å². The highest BCUT2D eigenvalue weighted by Gasteiger charge is 2.15. The molecule has 2 N–H and O–H groups in total. The van der Waals surface area contributed by atoms with Gasteiger partial charge >= 0.3 is 0 Å². The summed E-state index contributed by atoms with van der Waals surface area (Å²) in [4.78, 5) is 16.8. The van der Waals surface area contributed by atoms with Gasteiger partial charge < -0.3 is 15.4 Å². The molecular formula is C18H28N4O2. The van der Waals surface area contributed by atoms with Gasteiger partial charge in [0.1, 0.15) is 0 Å². The second kappa shape index (κ2) is 9.13. The van der Waals surface area contributed by atoms with E-state index >= 15 is 0 Å². The first-order valence-corrected chi connectivity index (χ1v) is 8.88. The average molecular weight is 332 g/mol. The number of carbonyl (C=O) groups excluding carboxylic acids is 1. The Morgan fingerprint density at radius 1 is 1.04 bits per heavy atom. The van der Waals surface area contributed by atoms with Gasteiger partial charge in [0.2, 0.25) is 5.91 Å². The molecule has 0 unspecified atom stereocenters. The third-order valence-corrected chi connectivity index (χ3v) is 4.67. The molecule has 6 heteroatoms. The Morgan fingerprint density at radius 3 is 2.50 bits per heavy atom. The number of hydrogen-bond donors (Lipinski definition) is 2. The molecule has 1 amide bonds. The zero-order valence-corrected chi connectivity index (χ0v) is 14.3. The third-order valence-electron chi connectivity index (χ3n) is 4.67. The second-order valence-corrected chi connectivity index (χ2v) is 6.46. The van der Waals surface area contributed by atoms with Gasteiger partial charge in [0.15, 0.2) is 0 Å². The highest BCUT2D eigenvalue weighted by Crippen LogP contribution is 2.13. The predicted molar refractivity (Wildman–Crippen MR) is 93.7 cm³/mol. The van der Waals surface area contributed by atoms with E-state index in [1.54, 1.807) is 0 Å². The van der Waals surface area contributed by atoms with Crippen molar-refractivity contribution in [2.75, 3.05) is 59.0 Å². The van der Waals surface area contributed by atoms with Gasteiger partial charge in [-0.3, -0.25) is 14.6 Å². The number of nitrogens with one attached hydrogen (secondary N) is 2. The van der Waals surface area contributed by atoms with Crippen molar-refractivity contribution in [3.05, 3.63) is 35.4 Å². The molecule has 2 fully saturated rings. The summed E-state index contributed by atoms with van der Waals surface area (Å²) in [7, 11) is 0. The quantitative estimate of drug-likeness (QED) is 0.770. The molecule has 1 aromatic rings. The fourth-order valence-corrected chi connectivity index (χ4v) is 3.21. The van der Waals surface area contributed by atoms with Crippen LogP contribution < -0.4 is 10.6 Å². The lowest BCUT2D eigenvalue weighted by Crippen LogP contribution is -2.47. The van der Waals surface area contributed by atoms with E-state index in [1.807, 2.05) is 6.07 Å². The number of carbonyl (C=O) groups is 1. The van der Waals surface area contributed by atoms with Gasteiger partial charge in [-0.05, 0) is 11.1 Å². The molecule has 24 heavy (non-hydrogen) atoms. The number of piperazine rings is 1. The molecule has 2 aliphatic heterocycles. The van der Waals surface area contributed by atoms with Gasteiger partial charge in [0.05, 0.1) is 19.8 Å². The maximum absolute atomic E-state index is 12.2. The van der Waals surface area contributed by atoms with E-state index in [-0.39, 0.29) is 5.91 Å². The van der Waals surface area contributed by atoms with Crippen molar-refractivity contribution in [1.82, 2.24) is 20.4 Å². The SMILES string of the molecule is O=C(CN1CCNCC1)NCc1ccccc1CN1CCOCC1. The first-order chi connectivity index (χ1) is 11.8. The summed E-state index contributed by atoms with van der Waals surface area (Å²) < 4.78 is 5.41. The van der Waals surface area contributed by atoms with Crippen molar-refractivity contribution < 1.29 is 9.53 Å². The fourth-order valence-electron chi connectivity index (χ4n) is 3.21. The Hall–Kier alpha value is -1.47. The first-order valence-electron chi connectivity index (χ1n) is 8.88. The van der Waals surface area contributed by atoms with Gasteiger partial charge in [-0.15, -0.1) is 0 Å². The highest BCUT2D eigenvalue weighted by atomic mass is 16.5. The summed E-state index contributed by atoms with van der Waals surface area (Å²) in [5.74, 6) is 0.109. The molecular weight excluding hydrogens is 304 g/mol. The lowest BCUT2D eigenvalue weighted by molar-refractivity contribution is -0.122. The Morgan fingerprint density at radius 2 is 1.75 bits per heavy atom. The van der Waals surface area contributed by atoms with Crippen LogP contribution in [-0.2, 0) is 22.6 Å². The maximum atomic E-state index is 12.2. The number of amides is 1. The van der Waals surface area contributed by atoms with Gasteiger partial charge in [-0.25, -0.2) is 0 Å². The summed E-state index contributed by atoms with van der Waals surface area (Å²) >= 11 is 0. The lowest BCUT2D eigenvalue weighted by Gasteiger charge is -2.28. The molecule has 2 aliphatic rings. The third kappa shape index (κ3) is 5.27. The molecule has 0 aliphatic carbocycles. The van der Waals surface area contributed by atoms with Crippen LogP contribution in [0.4, 0.5) is 0 Å². The fraction of sp³-hybridized carbons (Fsp3) is 0.611. The molecule has 6 nitrogen and oxygen atoms in total. The van der Waals surface area contributed by atoms with E-state index in [1.165, 1.54) is 11.1 Å². The number of morpholine rings is 1. The van der Waals surface area contributed by atoms with Crippen molar-refractivity contribution in [2.24, 2.45) is 0 Å². The second-order valence-electron chi connectivity index (χ2n) is 6.46. The molecule has 0 radical (unpaired) electrons. The lowest BCUT2D eigenvalue weighted by atomic mass is 10.1. The Bertz CT molecular complexity index is 526. The molecule has 0 aromatic heterocycles. The van der Waals surface area contributed by atoms with E-state index in [0.29, 0.717) is 13.1 Å².